The van der Waals surface area contributed by atoms with Gasteiger partial charge in [-0.2, -0.15) is 35.8 Å². The Bertz CT molecular complexity index is 2690. The van der Waals surface area contributed by atoms with Gasteiger partial charge in [-0.05, 0) is 94.7 Å². The molecule has 0 fully saturated rings. The van der Waals surface area contributed by atoms with Gasteiger partial charge in [-0.1, -0.05) is 63.2 Å². The topological polar surface area (TPSA) is 194 Å². The minimum atomic E-state index is -4.35. The molecular formula is C45H71Cl2F7N12O7S+2. The van der Waals surface area contributed by atoms with Gasteiger partial charge in [0.15, 0.2) is 14.1 Å². The monoisotopic (exact) mass is 1130 g/mol. The second-order valence-electron chi connectivity index (χ2n) is 16.0. The number of rotatable bonds is 3. The van der Waals surface area contributed by atoms with E-state index < -0.39 is 37.3 Å². The van der Waals surface area contributed by atoms with Gasteiger partial charge < -0.3 is 0 Å². The van der Waals surface area contributed by atoms with Crippen LogP contribution in [0.15, 0.2) is 69.1 Å². The average Bonchev–Trinajstić information content (AvgIpc) is 4.00. The number of carbonyl (C=O) groups is 4. The van der Waals surface area contributed by atoms with Gasteiger partial charge in [0, 0.05) is 58.5 Å². The molecule has 0 N–H and O–H groups in total. The van der Waals surface area contributed by atoms with Gasteiger partial charge in [0.1, 0.15) is 27.3 Å². The molecule has 1 aliphatic carbocycles. The lowest BCUT2D eigenvalue weighted by atomic mass is 9.93. The van der Waals surface area contributed by atoms with Crippen molar-refractivity contribution in [3.63, 3.8) is 0 Å². The molecule has 0 saturated carbocycles. The van der Waals surface area contributed by atoms with Crippen molar-refractivity contribution in [1.29, 1.82) is 0 Å². The summed E-state index contributed by atoms with van der Waals surface area (Å²) in [4.78, 5) is 74.6. The third-order valence-corrected chi connectivity index (χ3v) is 13.0. The van der Waals surface area contributed by atoms with E-state index in [1.54, 1.807) is 39.5 Å². The second-order valence-corrected chi connectivity index (χ2v) is 17.7. The molecule has 0 saturated heterocycles. The van der Waals surface area contributed by atoms with Gasteiger partial charge in [0.05, 0.1) is 5.92 Å². The summed E-state index contributed by atoms with van der Waals surface area (Å²) in [6.07, 6.45) is 2.17. The highest BCUT2D eigenvalue weighted by Gasteiger charge is 2.54. The fraction of sp³-hybridized carbons (Fsp3) is 0.644. The molecule has 2 aromatic rings. The molecule has 7 heterocycles. The van der Waals surface area contributed by atoms with E-state index in [1.165, 1.54) is 69.0 Å². The zero-order chi connectivity index (χ0) is 53.3. The van der Waals surface area contributed by atoms with Crippen molar-refractivity contribution >= 4 is 58.2 Å². The van der Waals surface area contributed by atoms with Crippen molar-refractivity contribution in [2.45, 2.75) is 148 Å². The van der Waals surface area contributed by atoms with Crippen molar-refractivity contribution in [3.05, 3.63) is 75.0 Å². The first-order valence-corrected chi connectivity index (χ1v) is 22.8. The summed E-state index contributed by atoms with van der Waals surface area (Å²) >= 11 is 12.3. The Kier molecular flexibility index (Phi) is 28.9. The molecule has 0 bridgehead atoms. The third kappa shape index (κ3) is 17.3. The van der Waals surface area contributed by atoms with Crippen molar-refractivity contribution < 1.29 is 64.0 Å². The molecule has 3 atom stereocenters. The number of likely N-dealkylation sites (N-methyl/N-ethyl adjacent to an activating group) is 4. The van der Waals surface area contributed by atoms with Crippen LogP contribution in [0.1, 0.15) is 108 Å². The summed E-state index contributed by atoms with van der Waals surface area (Å²) in [5.74, 6) is -0.602. The van der Waals surface area contributed by atoms with E-state index in [2.05, 4.69) is 25.1 Å². The van der Waals surface area contributed by atoms with E-state index in [4.69, 9.17) is 23.2 Å². The minimum Gasteiger partial charge on any atom is -0.282 e. The highest BCUT2D eigenvalue weighted by molar-refractivity contribution is 7.06. The summed E-state index contributed by atoms with van der Waals surface area (Å²) in [6, 6.07) is -1.76. The number of ether oxygens (including phenoxy) is 1. The fourth-order valence-electron chi connectivity index (χ4n) is 7.19. The third-order valence-electron chi connectivity index (χ3n) is 11.1. The quantitative estimate of drug-likeness (QED) is 0.165. The molecular weight excluding hydrogens is 1060 g/mol. The summed E-state index contributed by atoms with van der Waals surface area (Å²) < 4.78 is 95.5. The molecule has 0 aromatic carbocycles. The number of halogens is 9. The number of amides is 4. The SMILES string of the molecule is C.C.C.C.CC1=C(Cl)C(C(F)(F)F)[N+](C)=N1.CC1=C(Cl)C(OC(F)F)[N+](C)=N1.CC1=CC(=O)N(C)C(=O)C1C.CN1C(=O)C2=C(CCCC2)C1=O.CN=c1sc(=O)n2n1CCCC2.Cc1nn(C)c(=O)n1C(F)F. The molecule has 19 nitrogen and oxygen atoms in total. The van der Waals surface area contributed by atoms with Crippen LogP contribution in [0.25, 0.3) is 0 Å². The number of hydrogen-bond acceptors (Lipinski definition) is 12. The zero-order valence-electron chi connectivity index (χ0n) is 40.2. The molecule has 3 unspecified atom stereocenters. The maximum atomic E-state index is 12.2. The van der Waals surface area contributed by atoms with Crippen LogP contribution < -0.4 is 15.4 Å². The number of fused-ring (bicyclic) bond motifs is 1. The molecule has 420 valence electrons. The van der Waals surface area contributed by atoms with E-state index in [1.807, 2.05) is 4.68 Å². The summed E-state index contributed by atoms with van der Waals surface area (Å²) in [6.45, 7) is 4.18. The van der Waals surface area contributed by atoms with Crippen LogP contribution in [0.5, 0.6) is 0 Å². The number of nitrogens with zero attached hydrogens (tertiary/aromatic N) is 12. The predicted molar refractivity (Wildman–Crippen MR) is 267 cm³/mol. The molecule has 0 radical (unpaired) electrons. The molecule has 8 rings (SSSR count). The van der Waals surface area contributed by atoms with Crippen molar-refractivity contribution in [2.75, 3.05) is 35.2 Å². The lowest BCUT2D eigenvalue weighted by Gasteiger charge is -2.23. The Labute approximate surface area is 440 Å². The first kappa shape index (κ1) is 70.7. The first-order chi connectivity index (χ1) is 32.5. The molecule has 74 heavy (non-hydrogen) atoms. The van der Waals surface area contributed by atoms with Crippen LogP contribution in [-0.2, 0) is 44.1 Å². The number of allylic oxidation sites excluding steroid dienone is 2. The Balaban J connectivity index is 0. The Morgan fingerprint density at radius 2 is 1.26 bits per heavy atom. The molecule has 5 aliphatic heterocycles. The van der Waals surface area contributed by atoms with Crippen molar-refractivity contribution in [1.82, 2.24) is 33.5 Å². The number of azo groups is 4. The van der Waals surface area contributed by atoms with E-state index in [9.17, 15) is 59.5 Å². The Morgan fingerprint density at radius 1 is 0.770 bits per heavy atom. The zero-order valence-corrected chi connectivity index (χ0v) is 42.5. The van der Waals surface area contributed by atoms with Crippen LogP contribution in [-0.4, -0.2) is 127 Å². The van der Waals surface area contributed by atoms with Crippen LogP contribution in [0.3, 0.4) is 0 Å². The largest absolute Gasteiger partial charge is 0.459 e. The highest BCUT2D eigenvalue weighted by Crippen LogP contribution is 2.35. The smallest absolute Gasteiger partial charge is 0.282 e. The molecule has 2 aromatic heterocycles. The van der Waals surface area contributed by atoms with Gasteiger partial charge in [-0.25, -0.2) is 18.7 Å². The lowest BCUT2D eigenvalue weighted by Crippen LogP contribution is -2.39. The van der Waals surface area contributed by atoms with Crippen LogP contribution in [0.2, 0.25) is 0 Å². The van der Waals surface area contributed by atoms with Gasteiger partial charge in [0.2, 0.25) is 10.7 Å². The maximum absolute atomic E-state index is 12.2. The molecule has 6 aliphatic rings. The van der Waals surface area contributed by atoms with Crippen molar-refractivity contribution in [2.24, 2.45) is 28.2 Å². The summed E-state index contributed by atoms with van der Waals surface area (Å²) in [7, 11) is 8.89. The van der Waals surface area contributed by atoms with E-state index in [0.717, 1.165) is 87.4 Å². The van der Waals surface area contributed by atoms with E-state index in [0.29, 0.717) is 10.3 Å². The Hall–Kier alpha value is -5.41. The number of alkyl halides is 7. The van der Waals surface area contributed by atoms with Crippen molar-refractivity contribution in [3.8, 4) is 0 Å². The lowest BCUT2D eigenvalue weighted by molar-refractivity contribution is -0.634. The minimum absolute atomic E-state index is 0. The molecule has 29 heteroatoms. The number of aryl methyl sites for hydroxylation is 2. The van der Waals surface area contributed by atoms with E-state index in [-0.39, 0.29) is 85.7 Å². The van der Waals surface area contributed by atoms with Crippen LogP contribution >= 0.6 is 34.5 Å². The number of carbonyl (C=O) groups excluding carboxylic acids is 4. The second kappa shape index (κ2) is 30.2. The van der Waals surface area contributed by atoms with Gasteiger partial charge in [-0.3, -0.25) is 48.2 Å². The summed E-state index contributed by atoms with van der Waals surface area (Å²) in [5.41, 5.74) is 2.32. The first-order valence-electron chi connectivity index (χ1n) is 21.3. The Morgan fingerprint density at radius 3 is 1.62 bits per heavy atom. The fourth-order valence-corrected chi connectivity index (χ4v) is 8.57. The van der Waals surface area contributed by atoms with Gasteiger partial charge in [0.25, 0.3) is 17.7 Å². The van der Waals surface area contributed by atoms with Gasteiger partial charge >= 0.3 is 42.2 Å². The summed E-state index contributed by atoms with van der Waals surface area (Å²) in [5, 5.41) is 10.9. The predicted octanol–water partition coefficient (Wildman–Crippen LogP) is 8.91. The number of hydrogen-bond donors (Lipinski definition) is 0. The average molecular weight is 1130 g/mol. The number of aromatic nitrogens is 5. The number of imide groups is 2. The maximum Gasteiger partial charge on any atom is 0.459 e. The highest BCUT2D eigenvalue weighted by atomic mass is 35.5. The normalized spacial score (nSPS) is 20.1. The molecule has 0 spiro atoms. The van der Waals surface area contributed by atoms with Gasteiger partial charge in [-0.15, -0.1) is 4.70 Å². The van der Waals surface area contributed by atoms with Crippen LogP contribution in [0, 0.1) is 12.8 Å². The molecule has 4 amide bonds. The van der Waals surface area contributed by atoms with Crippen LogP contribution in [0.4, 0.5) is 30.7 Å². The standard InChI is InChI=1S/C9H11NO2.C8H11NO2.C7H11N3OS.C6H7ClF3N2.C6H8ClF2N2O.C5H7F2N3O.4CH4/c1-10-8(11)6-4-2-3-5-7(6)9(10)12;1-5-4-7(10)9(3)8(11)6(5)2;1-8-6-9-4-2-3-5-10(9)7(11)12-6;1-3-4(7)5(6(8,9)10)12(2)11-3;1-3-4(7)5(11(2)10-3)12-6(8)9;1-3-8-9(2)5(11)10(3)4(6)7;;;;/h2-5H2,1H3;4,6H,1-3H3;2-5H2,1H3;5H,1-2H3;5-6H,1-2H3;4H,1-2H3;4*1H4/q;;;2*+1;;;;;. The van der Waals surface area contributed by atoms with E-state index >= 15 is 0 Å².